The van der Waals surface area contributed by atoms with Crippen LogP contribution in [-0.2, 0) is 11.3 Å². The maximum absolute atomic E-state index is 12.0. The fourth-order valence-corrected chi connectivity index (χ4v) is 3.03. The van der Waals surface area contributed by atoms with Crippen LogP contribution in [0, 0.1) is 5.92 Å². The number of carbonyl (C=O) groups is 2. The Balaban J connectivity index is 1.72. The van der Waals surface area contributed by atoms with Gasteiger partial charge in [-0.3, -0.25) is 4.79 Å². The largest absolute Gasteiger partial charge is 0.494 e. The molecule has 0 unspecified atom stereocenters. The van der Waals surface area contributed by atoms with Crippen molar-refractivity contribution in [2.24, 2.45) is 5.92 Å². The van der Waals surface area contributed by atoms with Crippen molar-refractivity contribution < 1.29 is 14.3 Å². The third-order valence-electron chi connectivity index (χ3n) is 4.34. The summed E-state index contributed by atoms with van der Waals surface area (Å²) in [5.41, 5.74) is 0.999. The van der Waals surface area contributed by atoms with E-state index in [4.69, 9.17) is 4.74 Å². The smallest absolute Gasteiger partial charge is 0.315 e. The topological polar surface area (TPSA) is 79.5 Å². The van der Waals surface area contributed by atoms with Crippen LogP contribution in [0.4, 0.5) is 4.79 Å². The molecule has 24 heavy (non-hydrogen) atoms. The van der Waals surface area contributed by atoms with Crippen LogP contribution < -0.4 is 20.7 Å². The lowest BCUT2D eigenvalue weighted by atomic mass is 9.85. The minimum Gasteiger partial charge on any atom is -0.494 e. The van der Waals surface area contributed by atoms with Crippen molar-refractivity contribution in [3.8, 4) is 5.75 Å². The summed E-state index contributed by atoms with van der Waals surface area (Å²) in [5.74, 6) is 0.995. The molecule has 0 heterocycles. The Bertz CT molecular complexity index is 554. The number of carbonyl (C=O) groups excluding carboxylic acids is 2. The van der Waals surface area contributed by atoms with Crippen molar-refractivity contribution >= 4 is 11.9 Å². The first kappa shape index (κ1) is 18.1. The molecule has 0 aliphatic heterocycles. The molecule has 0 radical (unpaired) electrons. The molecule has 6 heteroatoms. The summed E-state index contributed by atoms with van der Waals surface area (Å²) in [5, 5.41) is 8.56. The van der Waals surface area contributed by atoms with E-state index in [1.54, 1.807) is 7.05 Å². The maximum Gasteiger partial charge on any atom is 0.315 e. The number of hydrogen-bond donors (Lipinski definition) is 3. The van der Waals surface area contributed by atoms with Gasteiger partial charge in [0.05, 0.1) is 6.61 Å². The van der Waals surface area contributed by atoms with E-state index in [1.165, 1.54) is 0 Å². The Morgan fingerprint density at radius 3 is 2.62 bits per heavy atom. The molecule has 1 aromatic carbocycles. The molecule has 1 aromatic rings. The van der Waals surface area contributed by atoms with Gasteiger partial charge in [0, 0.05) is 25.6 Å². The minimum absolute atomic E-state index is 0.0809. The lowest BCUT2D eigenvalue weighted by Crippen LogP contribution is -2.44. The Morgan fingerprint density at radius 2 is 1.96 bits per heavy atom. The van der Waals surface area contributed by atoms with Crippen molar-refractivity contribution in [1.82, 2.24) is 16.0 Å². The van der Waals surface area contributed by atoms with Crippen molar-refractivity contribution in [2.45, 2.75) is 45.2 Å². The zero-order valence-electron chi connectivity index (χ0n) is 14.4. The lowest BCUT2D eigenvalue weighted by Gasteiger charge is -2.28. The van der Waals surface area contributed by atoms with Crippen LogP contribution in [0.25, 0.3) is 0 Å². The van der Waals surface area contributed by atoms with Gasteiger partial charge in [-0.25, -0.2) is 4.79 Å². The Hall–Kier alpha value is -2.24. The van der Waals surface area contributed by atoms with Crippen LogP contribution in [0.2, 0.25) is 0 Å². The fourth-order valence-electron chi connectivity index (χ4n) is 3.03. The number of hydrogen-bond acceptors (Lipinski definition) is 3. The van der Waals surface area contributed by atoms with Crippen molar-refractivity contribution in [2.75, 3.05) is 13.7 Å². The molecule has 0 saturated heterocycles. The Morgan fingerprint density at radius 1 is 1.21 bits per heavy atom. The highest BCUT2D eigenvalue weighted by Gasteiger charge is 2.26. The number of benzene rings is 1. The van der Waals surface area contributed by atoms with Gasteiger partial charge in [0.15, 0.2) is 0 Å². The zero-order chi connectivity index (χ0) is 17.4. The molecule has 3 N–H and O–H groups in total. The van der Waals surface area contributed by atoms with Crippen molar-refractivity contribution in [3.05, 3.63) is 29.8 Å². The highest BCUT2D eigenvalue weighted by molar-refractivity contribution is 5.78. The molecular formula is C18H27N3O3. The molecule has 1 saturated carbocycles. The summed E-state index contributed by atoms with van der Waals surface area (Å²) in [4.78, 5) is 23.6. The predicted octanol–water partition coefficient (Wildman–Crippen LogP) is 2.19. The summed E-state index contributed by atoms with van der Waals surface area (Å²) in [7, 11) is 1.67. The number of nitrogens with one attached hydrogen (secondary N) is 3. The van der Waals surface area contributed by atoms with Crippen LogP contribution in [0.15, 0.2) is 24.3 Å². The van der Waals surface area contributed by atoms with Gasteiger partial charge < -0.3 is 20.7 Å². The van der Waals surface area contributed by atoms with Crippen molar-refractivity contribution in [1.29, 1.82) is 0 Å². The average molecular weight is 333 g/mol. The second-order valence-electron chi connectivity index (χ2n) is 6.07. The molecule has 1 aliphatic carbocycles. The van der Waals surface area contributed by atoms with Gasteiger partial charge in [-0.15, -0.1) is 0 Å². The SMILES string of the molecule is CCOc1cccc(CNC(=O)NC2CCC(C(=O)NC)CC2)c1. The van der Waals surface area contributed by atoms with E-state index in [0.29, 0.717) is 13.2 Å². The van der Waals surface area contributed by atoms with Crippen molar-refractivity contribution in [3.63, 3.8) is 0 Å². The zero-order valence-corrected chi connectivity index (χ0v) is 14.4. The van der Waals surface area contributed by atoms with Gasteiger partial charge in [-0.1, -0.05) is 12.1 Å². The van der Waals surface area contributed by atoms with Gasteiger partial charge in [0.25, 0.3) is 0 Å². The van der Waals surface area contributed by atoms with E-state index in [0.717, 1.165) is 37.0 Å². The normalized spacial score (nSPS) is 20.1. The molecular weight excluding hydrogens is 306 g/mol. The molecule has 0 aromatic heterocycles. The number of rotatable bonds is 6. The maximum atomic E-state index is 12.0. The van der Waals surface area contributed by atoms with Crippen LogP contribution in [-0.4, -0.2) is 31.6 Å². The molecule has 2 rings (SSSR count). The standard InChI is InChI=1S/C18H27N3O3/c1-3-24-16-6-4-5-13(11-16)12-20-18(23)21-15-9-7-14(8-10-15)17(22)19-2/h4-6,11,14-15H,3,7-10,12H2,1-2H3,(H,19,22)(H2,20,21,23). The second-order valence-corrected chi connectivity index (χ2v) is 6.07. The molecule has 3 amide bonds. The van der Waals surface area contributed by atoms with Gasteiger partial charge >= 0.3 is 6.03 Å². The number of urea groups is 1. The van der Waals surface area contributed by atoms with Gasteiger partial charge in [-0.05, 0) is 50.3 Å². The summed E-state index contributed by atoms with van der Waals surface area (Å²) >= 11 is 0. The first-order valence-electron chi connectivity index (χ1n) is 8.60. The molecule has 132 valence electrons. The van der Waals surface area contributed by atoms with E-state index < -0.39 is 0 Å². The highest BCUT2D eigenvalue weighted by Crippen LogP contribution is 2.24. The van der Waals surface area contributed by atoms with E-state index in [1.807, 2.05) is 31.2 Å². The summed E-state index contributed by atoms with van der Waals surface area (Å²) < 4.78 is 5.45. The van der Waals surface area contributed by atoms with Crippen LogP contribution in [0.5, 0.6) is 5.75 Å². The monoisotopic (exact) mass is 333 g/mol. The third kappa shape index (κ3) is 5.44. The van der Waals surface area contributed by atoms with E-state index in [-0.39, 0.29) is 23.9 Å². The van der Waals surface area contributed by atoms with Crippen LogP contribution in [0.1, 0.15) is 38.2 Å². The average Bonchev–Trinajstić information content (AvgIpc) is 2.60. The number of amides is 3. The van der Waals surface area contributed by atoms with Crippen LogP contribution >= 0.6 is 0 Å². The molecule has 0 spiro atoms. The summed E-state index contributed by atoms with van der Waals surface area (Å²) in [6, 6.07) is 7.68. The molecule has 0 bridgehead atoms. The molecule has 6 nitrogen and oxygen atoms in total. The van der Waals surface area contributed by atoms with Gasteiger partial charge in [0.2, 0.25) is 5.91 Å². The Labute approximate surface area is 143 Å². The molecule has 0 atom stereocenters. The first-order chi connectivity index (χ1) is 11.6. The first-order valence-corrected chi connectivity index (χ1v) is 8.60. The third-order valence-corrected chi connectivity index (χ3v) is 4.34. The molecule has 1 fully saturated rings. The van der Waals surface area contributed by atoms with Gasteiger partial charge in [-0.2, -0.15) is 0 Å². The Kier molecular flexibility index (Phi) is 6.90. The lowest BCUT2D eigenvalue weighted by molar-refractivity contribution is -0.125. The molecule has 1 aliphatic rings. The quantitative estimate of drug-likeness (QED) is 0.746. The van der Waals surface area contributed by atoms with Crippen LogP contribution in [0.3, 0.4) is 0 Å². The summed E-state index contributed by atoms with van der Waals surface area (Å²) in [6.45, 7) is 3.02. The fraction of sp³-hybridized carbons (Fsp3) is 0.556. The second kappa shape index (κ2) is 9.15. The van der Waals surface area contributed by atoms with E-state index in [2.05, 4.69) is 16.0 Å². The minimum atomic E-state index is -0.166. The predicted molar refractivity (Wildman–Crippen MR) is 92.8 cm³/mol. The highest BCUT2D eigenvalue weighted by atomic mass is 16.5. The van der Waals surface area contributed by atoms with Gasteiger partial charge in [0.1, 0.15) is 5.75 Å². The van der Waals surface area contributed by atoms with E-state index >= 15 is 0 Å². The summed E-state index contributed by atoms with van der Waals surface area (Å²) in [6.07, 6.45) is 3.32. The van der Waals surface area contributed by atoms with E-state index in [9.17, 15) is 9.59 Å². The number of ether oxygens (including phenoxy) is 1.